The number of amides is 1. The van der Waals surface area contributed by atoms with Gasteiger partial charge in [0.1, 0.15) is 0 Å². The maximum absolute atomic E-state index is 10.9. The number of nitrogens with one attached hydrogen (secondary N) is 1. The summed E-state index contributed by atoms with van der Waals surface area (Å²) in [5, 5.41) is 2.78. The van der Waals surface area contributed by atoms with Crippen LogP contribution in [0.1, 0.15) is 13.3 Å². The van der Waals surface area contributed by atoms with Crippen molar-refractivity contribution in [3.05, 3.63) is 0 Å². The van der Waals surface area contributed by atoms with Crippen molar-refractivity contribution in [3.63, 3.8) is 0 Å². The highest BCUT2D eigenvalue weighted by Crippen LogP contribution is 2.17. The Bertz CT molecular complexity index is 197. The van der Waals surface area contributed by atoms with Crippen LogP contribution in [0.3, 0.4) is 0 Å². The van der Waals surface area contributed by atoms with Gasteiger partial charge in [0.05, 0.1) is 18.8 Å². The molecule has 1 unspecified atom stereocenters. The van der Waals surface area contributed by atoms with E-state index in [2.05, 4.69) is 5.32 Å². The lowest BCUT2D eigenvalue weighted by Crippen LogP contribution is -2.52. The van der Waals surface area contributed by atoms with Crippen LogP contribution in [0.4, 0.5) is 0 Å². The van der Waals surface area contributed by atoms with Gasteiger partial charge in [-0.15, -0.1) is 0 Å². The van der Waals surface area contributed by atoms with Crippen molar-refractivity contribution in [2.24, 2.45) is 0 Å². The van der Waals surface area contributed by atoms with E-state index in [1.807, 2.05) is 0 Å². The summed E-state index contributed by atoms with van der Waals surface area (Å²) in [5.74, 6) is -0.0727. The van der Waals surface area contributed by atoms with Gasteiger partial charge in [0.15, 0.2) is 6.29 Å². The number of rotatable bonds is 3. The van der Waals surface area contributed by atoms with E-state index < -0.39 is 0 Å². The highest BCUT2D eigenvalue weighted by molar-refractivity contribution is 5.73. The van der Waals surface area contributed by atoms with Crippen LogP contribution in [-0.4, -0.2) is 45.2 Å². The van der Waals surface area contributed by atoms with Gasteiger partial charge in [-0.1, -0.05) is 0 Å². The van der Waals surface area contributed by atoms with Crippen molar-refractivity contribution in [2.45, 2.75) is 31.8 Å². The van der Waals surface area contributed by atoms with Crippen molar-refractivity contribution in [3.8, 4) is 0 Å². The van der Waals surface area contributed by atoms with Crippen LogP contribution in [-0.2, 0) is 19.0 Å². The molecule has 0 bridgehead atoms. The molecule has 5 heteroatoms. The number of hydrogen-bond donors (Lipinski definition) is 1. The fraction of sp³-hybridized carbons (Fsp3) is 0.889. The van der Waals surface area contributed by atoms with E-state index in [0.717, 1.165) is 0 Å². The molecule has 82 valence electrons. The Morgan fingerprint density at radius 3 is 2.64 bits per heavy atom. The Labute approximate surface area is 83.7 Å². The van der Waals surface area contributed by atoms with Gasteiger partial charge >= 0.3 is 0 Å². The average molecular weight is 203 g/mol. The summed E-state index contributed by atoms with van der Waals surface area (Å²) in [5.41, 5.74) is 0. The van der Waals surface area contributed by atoms with E-state index in [1.165, 1.54) is 6.92 Å². The maximum Gasteiger partial charge on any atom is 0.217 e. The second-order valence-electron chi connectivity index (χ2n) is 3.32. The van der Waals surface area contributed by atoms with Gasteiger partial charge in [-0.2, -0.15) is 0 Å². The zero-order valence-electron chi connectivity index (χ0n) is 8.78. The van der Waals surface area contributed by atoms with Crippen molar-refractivity contribution >= 4 is 5.91 Å². The summed E-state index contributed by atoms with van der Waals surface area (Å²) in [6.07, 6.45) is 0.361. The first kappa shape index (κ1) is 11.4. The van der Waals surface area contributed by atoms with Gasteiger partial charge in [0, 0.05) is 27.6 Å². The molecule has 5 nitrogen and oxygen atoms in total. The average Bonchev–Trinajstić information content (AvgIpc) is 2.17. The lowest BCUT2D eigenvalue weighted by atomic mass is 10.1. The van der Waals surface area contributed by atoms with Crippen molar-refractivity contribution in [1.82, 2.24) is 5.32 Å². The highest BCUT2D eigenvalue weighted by atomic mass is 16.7. The molecule has 1 amide bonds. The zero-order valence-corrected chi connectivity index (χ0v) is 8.78. The standard InChI is InChI=1S/C9H17NO4/c1-6(11)10-7-5-14-9(13-3)4-8(7)12-2/h7-9H,4-5H2,1-3H3,(H,10,11)/t7-,8-,9?/m0/s1. The Hall–Kier alpha value is -0.650. The van der Waals surface area contributed by atoms with E-state index in [1.54, 1.807) is 14.2 Å². The molecular weight excluding hydrogens is 186 g/mol. The number of hydrogen-bond acceptors (Lipinski definition) is 4. The third-order valence-corrected chi connectivity index (χ3v) is 2.29. The summed E-state index contributed by atoms with van der Waals surface area (Å²) < 4.78 is 15.7. The molecule has 0 aromatic heterocycles. The van der Waals surface area contributed by atoms with Crippen molar-refractivity contribution < 1.29 is 19.0 Å². The van der Waals surface area contributed by atoms with Crippen molar-refractivity contribution in [1.29, 1.82) is 0 Å². The maximum atomic E-state index is 10.9. The molecule has 0 spiro atoms. The highest BCUT2D eigenvalue weighted by Gasteiger charge is 2.31. The SMILES string of the molecule is COC1C[C@H](OC)[C@@H](NC(C)=O)CO1. The minimum absolute atomic E-state index is 0.0439. The molecule has 3 atom stereocenters. The molecule has 1 heterocycles. The number of ether oxygens (including phenoxy) is 3. The van der Waals surface area contributed by atoms with Gasteiger partial charge in [-0.25, -0.2) is 0 Å². The Balaban J connectivity index is 2.47. The van der Waals surface area contributed by atoms with Gasteiger partial charge in [-0.3, -0.25) is 4.79 Å². The van der Waals surface area contributed by atoms with Gasteiger partial charge < -0.3 is 19.5 Å². The normalized spacial score (nSPS) is 32.6. The first-order valence-corrected chi connectivity index (χ1v) is 4.61. The summed E-state index contributed by atoms with van der Waals surface area (Å²) in [4.78, 5) is 10.9. The molecule has 1 saturated heterocycles. The van der Waals surface area contributed by atoms with E-state index in [-0.39, 0.29) is 24.3 Å². The second kappa shape index (κ2) is 5.29. The van der Waals surface area contributed by atoms with E-state index in [0.29, 0.717) is 13.0 Å². The molecule has 14 heavy (non-hydrogen) atoms. The van der Waals surface area contributed by atoms with E-state index in [4.69, 9.17) is 14.2 Å². The predicted octanol–water partition coefficient (Wildman–Crippen LogP) is -0.101. The number of carbonyl (C=O) groups excluding carboxylic acids is 1. The molecule has 0 radical (unpaired) electrons. The third kappa shape index (κ3) is 2.94. The fourth-order valence-electron chi connectivity index (χ4n) is 1.56. The summed E-state index contributed by atoms with van der Waals surface area (Å²) >= 11 is 0. The first-order valence-electron chi connectivity index (χ1n) is 4.61. The Morgan fingerprint density at radius 2 is 2.14 bits per heavy atom. The molecular formula is C9H17NO4. The molecule has 1 rings (SSSR count). The van der Waals surface area contributed by atoms with Gasteiger partial charge in [0.2, 0.25) is 5.91 Å². The van der Waals surface area contributed by atoms with E-state index in [9.17, 15) is 4.79 Å². The van der Waals surface area contributed by atoms with Gasteiger partial charge in [0.25, 0.3) is 0 Å². The smallest absolute Gasteiger partial charge is 0.217 e. The minimum Gasteiger partial charge on any atom is -0.379 e. The molecule has 1 aliphatic heterocycles. The first-order chi connectivity index (χ1) is 6.67. The lowest BCUT2D eigenvalue weighted by Gasteiger charge is -2.34. The van der Waals surface area contributed by atoms with Gasteiger partial charge in [-0.05, 0) is 0 Å². The van der Waals surface area contributed by atoms with Crippen LogP contribution in [0.5, 0.6) is 0 Å². The van der Waals surface area contributed by atoms with Crippen LogP contribution >= 0.6 is 0 Å². The summed E-state index contributed by atoms with van der Waals surface area (Å²) in [7, 11) is 3.22. The molecule has 0 aromatic carbocycles. The van der Waals surface area contributed by atoms with Crippen LogP contribution in [0.2, 0.25) is 0 Å². The molecule has 0 aromatic rings. The molecule has 0 aliphatic carbocycles. The Morgan fingerprint density at radius 1 is 1.43 bits per heavy atom. The molecule has 1 fully saturated rings. The largest absolute Gasteiger partial charge is 0.379 e. The van der Waals surface area contributed by atoms with Crippen LogP contribution in [0.15, 0.2) is 0 Å². The minimum atomic E-state index is -0.232. The quantitative estimate of drug-likeness (QED) is 0.696. The van der Waals surface area contributed by atoms with Crippen LogP contribution in [0.25, 0.3) is 0 Å². The monoisotopic (exact) mass is 203 g/mol. The second-order valence-corrected chi connectivity index (χ2v) is 3.32. The lowest BCUT2D eigenvalue weighted by molar-refractivity contribution is -0.186. The Kier molecular flexibility index (Phi) is 4.31. The van der Waals surface area contributed by atoms with E-state index >= 15 is 0 Å². The zero-order chi connectivity index (χ0) is 10.6. The molecule has 1 aliphatic rings. The summed E-state index contributed by atoms with van der Waals surface area (Å²) in [6.45, 7) is 1.91. The number of methoxy groups -OCH3 is 2. The predicted molar refractivity (Wildman–Crippen MR) is 49.8 cm³/mol. The summed E-state index contributed by atoms with van der Waals surface area (Å²) in [6, 6.07) is -0.0797. The third-order valence-electron chi connectivity index (χ3n) is 2.29. The number of carbonyl (C=O) groups is 1. The molecule has 1 N–H and O–H groups in total. The van der Waals surface area contributed by atoms with Crippen molar-refractivity contribution in [2.75, 3.05) is 20.8 Å². The molecule has 0 saturated carbocycles. The topological polar surface area (TPSA) is 56.8 Å². The van der Waals surface area contributed by atoms with Crippen LogP contribution in [0, 0.1) is 0 Å². The fourth-order valence-corrected chi connectivity index (χ4v) is 1.56. The van der Waals surface area contributed by atoms with Crippen LogP contribution < -0.4 is 5.32 Å².